The van der Waals surface area contributed by atoms with Crippen LogP contribution in [0.1, 0.15) is 24.0 Å². The number of anilines is 1. The number of rotatable bonds is 8. The summed E-state index contributed by atoms with van der Waals surface area (Å²) in [4.78, 5) is 20.9. The Bertz CT molecular complexity index is 1200. The lowest BCUT2D eigenvalue weighted by Crippen LogP contribution is -2.91. The third kappa shape index (κ3) is 7.06. The second-order valence-corrected chi connectivity index (χ2v) is 9.49. The molecule has 24 heteroatoms. The monoisotopic (exact) mass is 663 g/mol. The minimum atomic E-state index is -6.42. The molecule has 0 radical (unpaired) electrons. The van der Waals surface area contributed by atoms with Crippen LogP contribution in [0.5, 0.6) is 0 Å². The summed E-state index contributed by atoms with van der Waals surface area (Å²) in [5.41, 5.74) is -6.82. The number of carbonyl (C=O) groups is 2. The summed E-state index contributed by atoms with van der Waals surface area (Å²) >= 11 is 0. The van der Waals surface area contributed by atoms with E-state index < -0.39 is 99.6 Å². The number of piperazine rings is 1. The van der Waals surface area contributed by atoms with Crippen molar-refractivity contribution in [3.05, 3.63) is 29.3 Å². The average Bonchev–Trinajstić information content (AvgIpc) is 2.80. The average molecular weight is 663 g/mol. The topological polar surface area (TPSA) is 224 Å². The van der Waals surface area contributed by atoms with E-state index in [1.165, 1.54) is 0 Å². The first-order chi connectivity index (χ1) is 19.5. The van der Waals surface area contributed by atoms with Gasteiger partial charge in [0.05, 0.1) is 5.56 Å². The molecule has 250 valence electrons. The first-order valence-corrected chi connectivity index (χ1v) is 11.6. The minimum absolute atomic E-state index is 0.0360. The van der Waals surface area contributed by atoms with Crippen molar-refractivity contribution >= 4 is 25.6 Å². The first kappa shape index (κ1) is 37.1. The van der Waals surface area contributed by atoms with Crippen molar-refractivity contribution in [3.63, 3.8) is 0 Å². The van der Waals surface area contributed by atoms with Gasteiger partial charge in [0, 0.05) is 25.2 Å². The number of halogens is 9. The number of aliphatic carboxylic acids is 1. The maximum atomic E-state index is 13.3. The van der Waals surface area contributed by atoms with Crippen LogP contribution in [0.25, 0.3) is 0 Å². The lowest BCUT2D eigenvalue weighted by molar-refractivity contribution is -0.559. The molecule has 1 aliphatic heterocycles. The molecule has 14 nitrogen and oxygen atoms in total. The Morgan fingerprint density at radius 3 is 1.86 bits per heavy atom. The van der Waals surface area contributed by atoms with Crippen LogP contribution >= 0.6 is 0 Å². The van der Waals surface area contributed by atoms with Crippen LogP contribution < -0.4 is 5.32 Å². The number of carbonyl (C=O) groups excluding carboxylic acids is 1. The Labute approximate surface area is 239 Å². The van der Waals surface area contributed by atoms with Crippen LogP contribution in [0.2, 0.25) is 0 Å². The van der Waals surface area contributed by atoms with Crippen molar-refractivity contribution in [2.24, 2.45) is 0 Å². The molecule has 1 unspecified atom stereocenters. The fraction of sp³-hybridized carbons (Fsp3) is 0.600. The van der Waals surface area contributed by atoms with E-state index in [-0.39, 0.29) is 20.8 Å². The van der Waals surface area contributed by atoms with Crippen molar-refractivity contribution in [2.45, 2.75) is 67.4 Å². The van der Waals surface area contributed by atoms with Gasteiger partial charge in [0.15, 0.2) is 13.5 Å². The predicted octanol–water partition coefficient (Wildman–Crippen LogP) is -1.08. The summed E-state index contributed by atoms with van der Waals surface area (Å²) in [6, 6.07) is 1.28. The fourth-order valence-electron chi connectivity index (χ4n) is 3.94. The molecular weight excluding hydrogens is 640 g/mol. The SMILES string of the molecule is BC1(O)N(C(=O)OC(C(F)(F)F)C(F)(F)F)C(O)(O)C(O)(O)N(Cc2ccc(C(F)(F)F)cc2NCCCC(=O)O)C1(O)O. The predicted molar refractivity (Wildman–Crippen MR) is 122 cm³/mol. The van der Waals surface area contributed by atoms with E-state index in [0.717, 1.165) is 0 Å². The molecule has 1 fully saturated rings. The number of carboxylic acid groups (broad SMARTS) is 1. The Balaban J connectivity index is 2.61. The summed E-state index contributed by atoms with van der Waals surface area (Å²) in [5.74, 6) is -15.6. The minimum Gasteiger partial charge on any atom is -0.481 e. The number of carboxylic acids is 1. The molecule has 2 rings (SSSR count). The van der Waals surface area contributed by atoms with Gasteiger partial charge in [0.25, 0.3) is 12.0 Å². The maximum absolute atomic E-state index is 13.3. The van der Waals surface area contributed by atoms with Crippen molar-refractivity contribution in [1.82, 2.24) is 9.80 Å². The number of ether oxygens (including phenoxy) is 1. The van der Waals surface area contributed by atoms with Gasteiger partial charge in [-0.25, -0.2) is 9.69 Å². The van der Waals surface area contributed by atoms with Crippen molar-refractivity contribution in [3.8, 4) is 0 Å². The van der Waals surface area contributed by atoms with E-state index in [4.69, 9.17) is 5.11 Å². The Kier molecular flexibility index (Phi) is 9.83. The highest BCUT2D eigenvalue weighted by molar-refractivity contribution is 6.16. The van der Waals surface area contributed by atoms with Gasteiger partial charge in [-0.3, -0.25) is 4.79 Å². The quantitative estimate of drug-likeness (QED) is 0.0700. The van der Waals surface area contributed by atoms with Gasteiger partial charge in [0.2, 0.25) is 0 Å². The highest BCUT2D eigenvalue weighted by Gasteiger charge is 2.77. The molecule has 1 aromatic rings. The summed E-state index contributed by atoms with van der Waals surface area (Å²) in [6.07, 6.45) is -26.8. The van der Waals surface area contributed by atoms with Crippen LogP contribution in [0.4, 0.5) is 50.0 Å². The fourth-order valence-corrected chi connectivity index (χ4v) is 3.94. The van der Waals surface area contributed by atoms with Crippen LogP contribution in [0.3, 0.4) is 0 Å². The Morgan fingerprint density at radius 1 is 0.886 bits per heavy atom. The van der Waals surface area contributed by atoms with Crippen molar-refractivity contribution in [2.75, 3.05) is 11.9 Å². The molecule has 9 N–H and O–H groups in total. The number of aliphatic hydroxyl groups is 7. The zero-order chi connectivity index (χ0) is 34.5. The molecule has 44 heavy (non-hydrogen) atoms. The number of hydrogen-bond donors (Lipinski definition) is 9. The van der Waals surface area contributed by atoms with E-state index in [1.807, 2.05) is 0 Å². The van der Waals surface area contributed by atoms with Crippen LogP contribution in [0.15, 0.2) is 18.2 Å². The highest BCUT2D eigenvalue weighted by atomic mass is 19.4. The number of benzene rings is 1. The van der Waals surface area contributed by atoms with E-state index >= 15 is 0 Å². The molecule has 0 aliphatic carbocycles. The number of alkyl halides is 9. The van der Waals surface area contributed by atoms with Crippen molar-refractivity contribution < 1.29 is 94.7 Å². The number of amides is 1. The zero-order valence-corrected chi connectivity index (χ0v) is 21.7. The molecule has 1 aromatic carbocycles. The Morgan fingerprint density at radius 2 is 1.41 bits per heavy atom. The van der Waals surface area contributed by atoms with Crippen molar-refractivity contribution in [1.29, 1.82) is 0 Å². The van der Waals surface area contributed by atoms with Gasteiger partial charge < -0.3 is 50.9 Å². The third-order valence-electron chi connectivity index (χ3n) is 6.23. The highest BCUT2D eigenvalue weighted by Crippen LogP contribution is 2.46. The van der Waals surface area contributed by atoms with E-state index in [0.29, 0.717) is 18.2 Å². The van der Waals surface area contributed by atoms with Gasteiger partial charge in [-0.1, -0.05) is 6.07 Å². The second-order valence-electron chi connectivity index (χ2n) is 9.49. The lowest BCUT2D eigenvalue weighted by Gasteiger charge is -2.62. The largest absolute Gasteiger partial charge is 0.481 e. The van der Waals surface area contributed by atoms with E-state index in [1.54, 1.807) is 0 Å². The van der Waals surface area contributed by atoms with Gasteiger partial charge in [-0.2, -0.15) is 44.4 Å². The molecule has 1 atom stereocenters. The number of nitrogens with zero attached hydrogens (tertiary/aromatic N) is 2. The van der Waals surface area contributed by atoms with Gasteiger partial charge >= 0.3 is 42.4 Å². The smallest absolute Gasteiger partial charge is 0.434 e. The summed E-state index contributed by atoms with van der Waals surface area (Å²) < 4.78 is 121. The van der Waals surface area contributed by atoms with Crippen LogP contribution in [-0.4, -0.2) is 119 Å². The van der Waals surface area contributed by atoms with Gasteiger partial charge in [0.1, 0.15) is 0 Å². The van der Waals surface area contributed by atoms with Gasteiger partial charge in [-0.15, -0.1) is 0 Å². The maximum Gasteiger partial charge on any atom is 0.434 e. The summed E-state index contributed by atoms with van der Waals surface area (Å²) in [5, 5.41) is 84.8. The molecule has 1 heterocycles. The Hall–Kier alpha value is -3.13. The second kappa shape index (κ2) is 11.7. The molecule has 1 saturated heterocycles. The summed E-state index contributed by atoms with van der Waals surface area (Å²) in [7, 11) is -0.0360. The number of hydrogen-bond acceptors (Lipinski definition) is 12. The molecule has 1 amide bonds. The molecule has 0 spiro atoms. The van der Waals surface area contributed by atoms with Crippen LogP contribution in [-0.2, 0) is 22.3 Å². The molecule has 0 saturated carbocycles. The third-order valence-corrected chi connectivity index (χ3v) is 6.23. The standard InChI is InChI=1S/C20H23BF9N3O11/c21-17(37)18(38,39)32(7-8-3-4-9(14(22,23)24)6-10(8)31-5-1-2-11(34)35)19(40,41)20(42,43)33(17)13(36)44-12(15(25,26)27)16(28,29)30/h3-4,6,12,31,37-43H,1-2,5,7,21H2,(H,34,35). The number of nitrogens with one attached hydrogen (secondary N) is 1. The first-order valence-electron chi connectivity index (χ1n) is 11.6. The molecule has 0 bridgehead atoms. The van der Waals surface area contributed by atoms with E-state index in [2.05, 4.69) is 10.1 Å². The van der Waals surface area contributed by atoms with Crippen LogP contribution in [0, 0.1) is 0 Å². The molecule has 1 aliphatic rings. The lowest BCUT2D eigenvalue weighted by atomic mass is 9.80. The molecular formula is C20H23BF9N3O11. The zero-order valence-electron chi connectivity index (χ0n) is 21.7. The normalized spacial score (nSPS) is 22.2. The summed E-state index contributed by atoms with van der Waals surface area (Å²) in [6.45, 7) is -1.91. The van der Waals surface area contributed by atoms with E-state index in [9.17, 15) is 84.8 Å². The molecule has 0 aromatic heterocycles. The van der Waals surface area contributed by atoms with Gasteiger partial charge in [-0.05, 0) is 24.1 Å².